The Labute approximate surface area is 193 Å². The van der Waals surface area contributed by atoms with Gasteiger partial charge in [-0.15, -0.1) is 10.2 Å². The molecule has 1 aliphatic heterocycles. The third kappa shape index (κ3) is 3.86. The van der Waals surface area contributed by atoms with E-state index in [1.165, 1.54) is 0 Å². The summed E-state index contributed by atoms with van der Waals surface area (Å²) in [5.74, 6) is 0.659. The molecule has 1 amide bonds. The van der Waals surface area contributed by atoms with Crippen LogP contribution in [0.5, 0.6) is 0 Å². The van der Waals surface area contributed by atoms with Gasteiger partial charge in [-0.25, -0.2) is 0 Å². The number of hydrogen-bond acceptors (Lipinski definition) is 5. The van der Waals surface area contributed by atoms with Crippen molar-refractivity contribution in [2.24, 2.45) is 0 Å². The molecular formula is C26H26N6O. The molecule has 2 heterocycles. The smallest absolute Gasteiger partial charge is 0.257 e. The predicted molar refractivity (Wildman–Crippen MR) is 128 cm³/mol. The molecule has 166 valence electrons. The topological polar surface area (TPSA) is 78.0 Å². The zero-order valence-electron chi connectivity index (χ0n) is 18.8. The summed E-state index contributed by atoms with van der Waals surface area (Å²) in [5.41, 5.74) is 5.89. The van der Waals surface area contributed by atoms with Crippen molar-refractivity contribution in [3.05, 3.63) is 83.9 Å². The van der Waals surface area contributed by atoms with Gasteiger partial charge in [-0.2, -0.15) is 5.21 Å². The van der Waals surface area contributed by atoms with Gasteiger partial charge in [0.25, 0.3) is 5.91 Å². The number of carbonyl (C=O) groups is 1. The van der Waals surface area contributed by atoms with Crippen molar-refractivity contribution >= 4 is 11.6 Å². The molecule has 0 spiro atoms. The summed E-state index contributed by atoms with van der Waals surface area (Å²) in [4.78, 5) is 17.6. The van der Waals surface area contributed by atoms with Gasteiger partial charge in [0.1, 0.15) is 6.17 Å². The van der Waals surface area contributed by atoms with E-state index in [0.29, 0.717) is 12.4 Å². The van der Waals surface area contributed by atoms with E-state index in [1.54, 1.807) is 0 Å². The highest BCUT2D eigenvalue weighted by Gasteiger charge is 2.34. The van der Waals surface area contributed by atoms with Crippen LogP contribution >= 0.6 is 0 Å². The third-order valence-corrected chi connectivity index (χ3v) is 6.26. The average molecular weight is 439 g/mol. The lowest BCUT2D eigenvalue weighted by Gasteiger charge is -2.44. The van der Waals surface area contributed by atoms with E-state index in [1.807, 2.05) is 47.4 Å². The molecule has 4 aromatic rings. The second-order valence-corrected chi connectivity index (χ2v) is 8.31. The fourth-order valence-electron chi connectivity index (χ4n) is 4.60. The van der Waals surface area contributed by atoms with Gasteiger partial charge >= 0.3 is 0 Å². The van der Waals surface area contributed by atoms with E-state index >= 15 is 0 Å². The van der Waals surface area contributed by atoms with Gasteiger partial charge in [-0.3, -0.25) is 4.79 Å². The first-order chi connectivity index (χ1) is 16.2. The number of rotatable bonds is 6. The first-order valence-electron chi connectivity index (χ1n) is 11.2. The van der Waals surface area contributed by atoms with Crippen molar-refractivity contribution in [2.75, 3.05) is 11.9 Å². The summed E-state index contributed by atoms with van der Waals surface area (Å²) in [7, 11) is 2.08. The maximum absolute atomic E-state index is 13.4. The van der Waals surface area contributed by atoms with E-state index in [-0.39, 0.29) is 12.1 Å². The normalized spacial score (nSPS) is 15.6. The SMILES string of the molecule is CCCC1N(Cc2ccc(-c3ccccc3-c3nn[nH]n3)cc2)C(=O)c2ccccc2N1C. The van der Waals surface area contributed by atoms with Gasteiger partial charge < -0.3 is 9.80 Å². The average Bonchev–Trinajstić information content (AvgIpc) is 3.40. The Balaban J connectivity index is 1.43. The number of aromatic amines is 1. The summed E-state index contributed by atoms with van der Waals surface area (Å²) >= 11 is 0. The zero-order valence-corrected chi connectivity index (χ0v) is 18.8. The predicted octanol–water partition coefficient (Wildman–Crippen LogP) is 4.75. The number of para-hydroxylation sites is 1. The largest absolute Gasteiger partial charge is 0.354 e. The quantitative estimate of drug-likeness (QED) is 0.470. The monoisotopic (exact) mass is 438 g/mol. The fraction of sp³-hybridized carbons (Fsp3) is 0.231. The standard InChI is InChI=1S/C26H26N6O/c1-3-8-24-31(2)23-12-7-6-11-22(23)26(33)32(24)17-18-13-15-19(16-14-18)20-9-4-5-10-21(20)25-27-29-30-28-25/h4-7,9-16,24H,3,8,17H2,1-2H3,(H,27,28,29,30). The minimum atomic E-state index is 0.0380. The number of hydrogen-bond donors (Lipinski definition) is 1. The number of nitrogens with zero attached hydrogens (tertiary/aromatic N) is 5. The van der Waals surface area contributed by atoms with Gasteiger partial charge in [0.15, 0.2) is 0 Å². The Morgan fingerprint density at radius 1 is 0.909 bits per heavy atom. The molecule has 1 aliphatic rings. The molecule has 0 fully saturated rings. The second-order valence-electron chi connectivity index (χ2n) is 8.31. The fourth-order valence-corrected chi connectivity index (χ4v) is 4.60. The lowest BCUT2D eigenvalue weighted by Crippen LogP contribution is -2.53. The molecule has 0 saturated heterocycles. The van der Waals surface area contributed by atoms with E-state index in [4.69, 9.17) is 0 Å². The molecule has 1 unspecified atom stereocenters. The van der Waals surface area contributed by atoms with Crippen LogP contribution in [0.25, 0.3) is 22.5 Å². The number of nitrogens with one attached hydrogen (secondary N) is 1. The van der Waals surface area contributed by atoms with Crippen LogP contribution in [0.1, 0.15) is 35.7 Å². The molecule has 0 bridgehead atoms. The van der Waals surface area contributed by atoms with Crippen LogP contribution in [0, 0.1) is 0 Å². The Kier molecular flexibility index (Phi) is 5.60. The molecule has 1 atom stereocenters. The van der Waals surface area contributed by atoms with E-state index in [0.717, 1.165) is 46.3 Å². The summed E-state index contributed by atoms with van der Waals surface area (Å²) in [6, 6.07) is 24.3. The van der Waals surface area contributed by atoms with Crippen molar-refractivity contribution in [3.8, 4) is 22.5 Å². The highest BCUT2D eigenvalue weighted by atomic mass is 16.2. The van der Waals surface area contributed by atoms with E-state index < -0.39 is 0 Å². The minimum Gasteiger partial charge on any atom is -0.354 e. The summed E-state index contributed by atoms with van der Waals surface area (Å²) in [5, 5.41) is 14.5. The number of H-pyrrole nitrogens is 1. The second kappa shape index (κ2) is 8.86. The van der Waals surface area contributed by atoms with Gasteiger partial charge in [-0.1, -0.05) is 74.0 Å². The minimum absolute atomic E-state index is 0.0380. The molecule has 5 rings (SSSR count). The third-order valence-electron chi connectivity index (χ3n) is 6.26. The number of aromatic nitrogens is 4. The van der Waals surface area contributed by atoms with Crippen LogP contribution in [-0.2, 0) is 6.54 Å². The van der Waals surface area contributed by atoms with Crippen LogP contribution in [0.15, 0.2) is 72.8 Å². The molecule has 33 heavy (non-hydrogen) atoms. The van der Waals surface area contributed by atoms with Gasteiger partial charge in [0, 0.05) is 19.2 Å². The zero-order chi connectivity index (χ0) is 22.8. The lowest BCUT2D eigenvalue weighted by atomic mass is 9.97. The Hall–Kier alpha value is -4.00. The molecule has 1 aromatic heterocycles. The molecule has 3 aromatic carbocycles. The van der Waals surface area contributed by atoms with Crippen molar-refractivity contribution in [1.29, 1.82) is 0 Å². The summed E-state index contributed by atoms with van der Waals surface area (Å²) in [6.07, 6.45) is 1.97. The van der Waals surface area contributed by atoms with Gasteiger partial charge in [-0.05, 0) is 40.5 Å². The van der Waals surface area contributed by atoms with Crippen LogP contribution < -0.4 is 4.90 Å². The van der Waals surface area contributed by atoms with Crippen molar-refractivity contribution in [2.45, 2.75) is 32.5 Å². The molecule has 0 aliphatic carbocycles. The number of tetrazole rings is 1. The van der Waals surface area contributed by atoms with Crippen LogP contribution in [0.3, 0.4) is 0 Å². The molecule has 1 N–H and O–H groups in total. The molecule has 7 nitrogen and oxygen atoms in total. The Bertz CT molecular complexity index is 1250. The maximum Gasteiger partial charge on any atom is 0.257 e. The highest BCUT2D eigenvalue weighted by molar-refractivity contribution is 6.01. The number of fused-ring (bicyclic) bond motifs is 1. The number of benzene rings is 3. The number of carbonyl (C=O) groups excluding carboxylic acids is 1. The van der Waals surface area contributed by atoms with Crippen molar-refractivity contribution in [1.82, 2.24) is 25.5 Å². The first-order valence-corrected chi connectivity index (χ1v) is 11.2. The van der Waals surface area contributed by atoms with Crippen molar-refractivity contribution in [3.63, 3.8) is 0 Å². The van der Waals surface area contributed by atoms with E-state index in [9.17, 15) is 4.79 Å². The van der Waals surface area contributed by atoms with Crippen molar-refractivity contribution < 1.29 is 4.79 Å². The van der Waals surface area contributed by atoms with Crippen LogP contribution in [0.4, 0.5) is 5.69 Å². The maximum atomic E-state index is 13.4. The number of amides is 1. The molecule has 7 heteroatoms. The van der Waals surface area contributed by atoms with Gasteiger partial charge in [0.2, 0.25) is 5.82 Å². The Morgan fingerprint density at radius 3 is 2.30 bits per heavy atom. The summed E-state index contributed by atoms with van der Waals surface area (Å²) < 4.78 is 0. The highest BCUT2D eigenvalue weighted by Crippen LogP contribution is 2.33. The molecular weight excluding hydrogens is 412 g/mol. The molecule has 0 saturated carbocycles. The van der Waals surface area contributed by atoms with Crippen LogP contribution in [0.2, 0.25) is 0 Å². The van der Waals surface area contributed by atoms with E-state index in [2.05, 4.69) is 69.8 Å². The van der Waals surface area contributed by atoms with Crippen LogP contribution in [-0.4, -0.2) is 44.6 Å². The molecule has 0 radical (unpaired) electrons. The number of anilines is 1. The summed E-state index contributed by atoms with van der Waals surface area (Å²) in [6.45, 7) is 2.72. The Morgan fingerprint density at radius 2 is 1.61 bits per heavy atom. The van der Waals surface area contributed by atoms with Gasteiger partial charge in [0.05, 0.1) is 11.3 Å². The lowest BCUT2D eigenvalue weighted by molar-refractivity contribution is 0.0626. The first kappa shape index (κ1) is 20.9.